The van der Waals surface area contributed by atoms with Gasteiger partial charge in [-0.15, -0.1) is 0 Å². The van der Waals surface area contributed by atoms with Crippen LogP contribution in [-0.4, -0.2) is 42.5 Å². The molecule has 3 rings (SSSR count). The molecular weight excluding hydrogens is 300 g/mol. The van der Waals surface area contributed by atoms with Crippen LogP contribution >= 0.6 is 0 Å². The van der Waals surface area contributed by atoms with Gasteiger partial charge in [-0.25, -0.2) is 4.98 Å². The second-order valence-electron chi connectivity index (χ2n) is 6.36. The van der Waals surface area contributed by atoms with Gasteiger partial charge in [0.1, 0.15) is 5.82 Å². The molecule has 1 fully saturated rings. The number of benzene rings is 1. The third kappa shape index (κ3) is 3.74. The number of anilines is 1. The van der Waals surface area contributed by atoms with E-state index in [0.29, 0.717) is 6.54 Å². The quantitative estimate of drug-likeness (QED) is 0.883. The van der Waals surface area contributed by atoms with E-state index in [2.05, 4.69) is 27.3 Å². The Labute approximate surface area is 143 Å². The van der Waals surface area contributed by atoms with Crippen LogP contribution in [-0.2, 0) is 17.9 Å². The largest absolute Gasteiger partial charge is 0.362 e. The Morgan fingerprint density at radius 1 is 1.25 bits per heavy atom. The van der Waals surface area contributed by atoms with Crippen LogP contribution < -0.4 is 10.2 Å². The average Bonchev–Trinajstić information content (AvgIpc) is 2.58. The number of aromatic nitrogens is 1. The topological polar surface area (TPSA) is 48.5 Å². The number of carbonyl (C=O) groups excluding carboxylic acids is 1. The predicted molar refractivity (Wildman–Crippen MR) is 95.7 cm³/mol. The third-order valence-corrected chi connectivity index (χ3v) is 4.41. The highest BCUT2D eigenvalue weighted by Crippen LogP contribution is 2.21. The zero-order valence-electron chi connectivity index (χ0n) is 14.3. The van der Waals surface area contributed by atoms with Crippen molar-refractivity contribution in [2.45, 2.75) is 25.6 Å². The van der Waals surface area contributed by atoms with Crippen LogP contribution in [0.5, 0.6) is 0 Å². The maximum absolute atomic E-state index is 12.5. The van der Waals surface area contributed by atoms with Gasteiger partial charge >= 0.3 is 0 Å². The normalized spacial score (nSPS) is 17.2. The maximum Gasteiger partial charge on any atom is 0.237 e. The Morgan fingerprint density at radius 2 is 2.04 bits per heavy atom. The van der Waals surface area contributed by atoms with Crippen LogP contribution in [0.2, 0.25) is 0 Å². The molecule has 1 N–H and O–H groups in total. The van der Waals surface area contributed by atoms with Gasteiger partial charge in [0.25, 0.3) is 0 Å². The number of nitrogens with zero attached hydrogens (tertiary/aromatic N) is 3. The van der Waals surface area contributed by atoms with Gasteiger partial charge in [-0.05, 0) is 18.1 Å². The highest BCUT2D eigenvalue weighted by molar-refractivity contribution is 5.82. The lowest BCUT2D eigenvalue weighted by molar-refractivity contribution is -0.131. The SMILES string of the molecule is CN(C)c1ncccc1CNC(=O)C1CCN1Cc1ccccc1. The second kappa shape index (κ2) is 7.45. The average molecular weight is 324 g/mol. The molecule has 2 heterocycles. The zero-order chi connectivity index (χ0) is 16.9. The van der Waals surface area contributed by atoms with Crippen molar-refractivity contribution < 1.29 is 4.79 Å². The smallest absolute Gasteiger partial charge is 0.237 e. The molecule has 1 aliphatic heterocycles. The molecule has 5 nitrogen and oxygen atoms in total. The van der Waals surface area contributed by atoms with Crippen LogP contribution in [0, 0.1) is 0 Å². The van der Waals surface area contributed by atoms with Gasteiger partial charge in [0.15, 0.2) is 0 Å². The summed E-state index contributed by atoms with van der Waals surface area (Å²) >= 11 is 0. The number of likely N-dealkylation sites (tertiary alicyclic amines) is 1. The van der Waals surface area contributed by atoms with Crippen molar-refractivity contribution in [2.24, 2.45) is 0 Å². The van der Waals surface area contributed by atoms with Crippen LogP contribution in [0.4, 0.5) is 5.82 Å². The Morgan fingerprint density at radius 3 is 2.71 bits per heavy atom. The van der Waals surface area contributed by atoms with E-state index in [0.717, 1.165) is 30.9 Å². The van der Waals surface area contributed by atoms with Crippen LogP contribution in [0.3, 0.4) is 0 Å². The van der Waals surface area contributed by atoms with Crippen molar-refractivity contribution in [3.63, 3.8) is 0 Å². The van der Waals surface area contributed by atoms with Crippen molar-refractivity contribution in [1.29, 1.82) is 0 Å². The number of rotatable bonds is 6. The number of hydrogen-bond acceptors (Lipinski definition) is 4. The van der Waals surface area contributed by atoms with E-state index in [1.807, 2.05) is 49.3 Å². The maximum atomic E-state index is 12.5. The molecule has 1 amide bonds. The van der Waals surface area contributed by atoms with Gasteiger partial charge in [0, 0.05) is 45.5 Å². The molecule has 126 valence electrons. The van der Waals surface area contributed by atoms with E-state index < -0.39 is 0 Å². The molecule has 1 aliphatic rings. The van der Waals surface area contributed by atoms with E-state index in [9.17, 15) is 4.79 Å². The minimum Gasteiger partial charge on any atom is -0.362 e. The molecule has 2 aromatic rings. The highest BCUT2D eigenvalue weighted by atomic mass is 16.2. The molecule has 0 spiro atoms. The summed E-state index contributed by atoms with van der Waals surface area (Å²) in [5.41, 5.74) is 2.28. The van der Waals surface area contributed by atoms with Crippen molar-refractivity contribution in [1.82, 2.24) is 15.2 Å². The lowest BCUT2D eigenvalue weighted by atomic mass is 10.0. The fourth-order valence-electron chi connectivity index (χ4n) is 3.02. The number of pyridine rings is 1. The molecule has 1 unspecified atom stereocenters. The van der Waals surface area contributed by atoms with Gasteiger partial charge in [0.2, 0.25) is 5.91 Å². The highest BCUT2D eigenvalue weighted by Gasteiger charge is 2.33. The monoisotopic (exact) mass is 324 g/mol. The summed E-state index contributed by atoms with van der Waals surface area (Å²) < 4.78 is 0. The summed E-state index contributed by atoms with van der Waals surface area (Å²) in [6.45, 7) is 2.31. The third-order valence-electron chi connectivity index (χ3n) is 4.41. The first kappa shape index (κ1) is 16.5. The Balaban J connectivity index is 1.56. The molecule has 0 aliphatic carbocycles. The Hall–Kier alpha value is -2.40. The van der Waals surface area contributed by atoms with Crippen LogP contribution in [0.15, 0.2) is 48.7 Å². The molecule has 1 saturated heterocycles. The number of amides is 1. The minimum absolute atomic E-state index is 0.0234. The van der Waals surface area contributed by atoms with E-state index in [1.54, 1.807) is 6.20 Å². The number of hydrogen-bond donors (Lipinski definition) is 1. The Bertz CT molecular complexity index is 687. The van der Waals surface area contributed by atoms with E-state index in [1.165, 1.54) is 5.56 Å². The van der Waals surface area contributed by atoms with E-state index in [-0.39, 0.29) is 11.9 Å². The fraction of sp³-hybridized carbons (Fsp3) is 0.368. The summed E-state index contributed by atoms with van der Waals surface area (Å²) in [4.78, 5) is 21.1. The van der Waals surface area contributed by atoms with Gasteiger partial charge in [0.05, 0.1) is 6.04 Å². The molecule has 1 atom stereocenters. The van der Waals surface area contributed by atoms with Gasteiger partial charge in [-0.2, -0.15) is 0 Å². The molecule has 0 bridgehead atoms. The molecule has 1 aromatic carbocycles. The van der Waals surface area contributed by atoms with Crippen molar-refractivity contribution >= 4 is 11.7 Å². The van der Waals surface area contributed by atoms with E-state index in [4.69, 9.17) is 0 Å². The van der Waals surface area contributed by atoms with Crippen LogP contribution in [0.1, 0.15) is 17.5 Å². The number of nitrogens with one attached hydrogen (secondary N) is 1. The van der Waals surface area contributed by atoms with Crippen molar-refractivity contribution in [3.05, 3.63) is 59.8 Å². The molecule has 1 aromatic heterocycles. The standard InChI is InChI=1S/C19H24N4O/c1-22(2)18-16(9-6-11-20-18)13-21-19(24)17-10-12-23(17)14-15-7-4-3-5-8-15/h3-9,11,17H,10,12-14H2,1-2H3,(H,21,24). The lowest BCUT2D eigenvalue weighted by Gasteiger charge is -2.39. The summed E-state index contributed by atoms with van der Waals surface area (Å²) in [6.07, 6.45) is 2.69. The van der Waals surface area contributed by atoms with E-state index >= 15 is 0 Å². The summed E-state index contributed by atoms with van der Waals surface area (Å²) in [5, 5.41) is 3.06. The molecular formula is C19H24N4O. The van der Waals surface area contributed by atoms with Crippen molar-refractivity contribution in [2.75, 3.05) is 25.5 Å². The second-order valence-corrected chi connectivity index (χ2v) is 6.36. The minimum atomic E-state index is -0.0234. The van der Waals surface area contributed by atoms with Crippen LogP contribution in [0.25, 0.3) is 0 Å². The molecule has 24 heavy (non-hydrogen) atoms. The lowest BCUT2D eigenvalue weighted by Crippen LogP contribution is -2.55. The van der Waals surface area contributed by atoms with Gasteiger partial charge in [-0.3, -0.25) is 9.69 Å². The summed E-state index contributed by atoms with van der Waals surface area (Å²) in [7, 11) is 3.92. The Kier molecular flexibility index (Phi) is 5.11. The predicted octanol–water partition coefficient (Wildman–Crippen LogP) is 2.04. The summed E-state index contributed by atoms with van der Waals surface area (Å²) in [6, 6.07) is 14.2. The zero-order valence-corrected chi connectivity index (χ0v) is 14.3. The first-order valence-corrected chi connectivity index (χ1v) is 8.32. The first-order chi connectivity index (χ1) is 11.6. The molecule has 0 saturated carbocycles. The fourth-order valence-corrected chi connectivity index (χ4v) is 3.02. The molecule has 0 radical (unpaired) electrons. The van der Waals surface area contributed by atoms with Crippen molar-refractivity contribution in [3.8, 4) is 0 Å². The van der Waals surface area contributed by atoms with Gasteiger partial charge < -0.3 is 10.2 Å². The first-order valence-electron chi connectivity index (χ1n) is 8.32. The number of carbonyl (C=O) groups is 1. The summed E-state index contributed by atoms with van der Waals surface area (Å²) in [5.74, 6) is 0.998. The van der Waals surface area contributed by atoms with Gasteiger partial charge in [-0.1, -0.05) is 36.4 Å². The molecule has 5 heteroatoms.